The van der Waals surface area contributed by atoms with Crippen LogP contribution in [0.2, 0.25) is 0 Å². The van der Waals surface area contributed by atoms with Gasteiger partial charge in [0, 0.05) is 32.6 Å². The lowest BCUT2D eigenvalue weighted by atomic mass is 9.96. The maximum Gasteiger partial charge on any atom is 0.225 e. The van der Waals surface area contributed by atoms with Gasteiger partial charge in [0.15, 0.2) is 0 Å². The molecule has 29 heavy (non-hydrogen) atoms. The lowest BCUT2D eigenvalue weighted by molar-refractivity contribution is -0.135. The van der Waals surface area contributed by atoms with Crippen LogP contribution < -0.4 is 4.74 Å². The molecule has 156 valence electrons. The van der Waals surface area contributed by atoms with Crippen LogP contribution in [0.15, 0.2) is 54.6 Å². The molecule has 0 spiro atoms. The molecule has 1 heterocycles. The van der Waals surface area contributed by atoms with Crippen LogP contribution >= 0.6 is 0 Å². The summed E-state index contributed by atoms with van der Waals surface area (Å²) in [7, 11) is 0.0432. The van der Waals surface area contributed by atoms with Crippen LogP contribution in [0.4, 0.5) is 0 Å². The Labute approximate surface area is 173 Å². The van der Waals surface area contributed by atoms with E-state index in [9.17, 15) is 13.2 Å². The van der Waals surface area contributed by atoms with Gasteiger partial charge in [0.1, 0.15) is 5.75 Å². The second-order valence-corrected chi connectivity index (χ2v) is 9.43. The highest BCUT2D eigenvalue weighted by Gasteiger charge is 2.32. The molecule has 0 bridgehead atoms. The minimum Gasteiger partial charge on any atom is -0.497 e. The van der Waals surface area contributed by atoms with E-state index in [1.807, 2.05) is 54.6 Å². The first-order valence-corrected chi connectivity index (χ1v) is 11.4. The molecule has 2 aromatic rings. The fourth-order valence-corrected chi connectivity index (χ4v) is 5.25. The number of benzene rings is 2. The topological polar surface area (TPSA) is 66.9 Å². The van der Waals surface area contributed by atoms with Gasteiger partial charge < -0.3 is 9.64 Å². The molecule has 1 saturated heterocycles. The molecule has 0 unspecified atom stereocenters. The van der Waals surface area contributed by atoms with Gasteiger partial charge in [-0.25, -0.2) is 12.7 Å². The predicted molar refractivity (Wildman–Crippen MR) is 113 cm³/mol. The van der Waals surface area contributed by atoms with E-state index in [1.165, 1.54) is 4.31 Å². The number of carbonyl (C=O) groups is 1. The summed E-state index contributed by atoms with van der Waals surface area (Å²) in [6, 6.07) is 16.9. The summed E-state index contributed by atoms with van der Waals surface area (Å²) >= 11 is 0. The normalized spacial score (nSPS) is 15.8. The molecule has 0 atom stereocenters. The van der Waals surface area contributed by atoms with Crippen molar-refractivity contribution in [3.05, 3.63) is 65.7 Å². The molecule has 2 aromatic carbocycles. The van der Waals surface area contributed by atoms with Crippen LogP contribution in [0.3, 0.4) is 0 Å². The molecule has 0 aliphatic carbocycles. The minimum atomic E-state index is -3.37. The fourth-order valence-electron chi connectivity index (χ4n) is 3.69. The third-order valence-electron chi connectivity index (χ3n) is 5.32. The Balaban J connectivity index is 1.54. The molecule has 1 aliphatic rings. The van der Waals surface area contributed by atoms with Crippen molar-refractivity contribution in [1.82, 2.24) is 9.21 Å². The van der Waals surface area contributed by atoms with Gasteiger partial charge in [-0.2, -0.15) is 0 Å². The first-order valence-electron chi connectivity index (χ1n) is 9.78. The molecule has 6 nitrogen and oxygen atoms in total. The molecular formula is C22H28N2O4S. The van der Waals surface area contributed by atoms with Crippen molar-refractivity contribution in [2.45, 2.75) is 25.1 Å². The van der Waals surface area contributed by atoms with Crippen LogP contribution in [-0.2, 0) is 27.1 Å². The molecule has 1 aliphatic heterocycles. The Morgan fingerprint density at radius 2 is 1.72 bits per heavy atom. The van der Waals surface area contributed by atoms with Crippen molar-refractivity contribution < 1.29 is 17.9 Å². The Bertz CT molecular complexity index is 923. The predicted octanol–water partition coefficient (Wildman–Crippen LogP) is 2.90. The second-order valence-electron chi connectivity index (χ2n) is 7.46. The van der Waals surface area contributed by atoms with Crippen LogP contribution in [0.5, 0.6) is 5.75 Å². The highest BCUT2D eigenvalue weighted by atomic mass is 32.2. The Hall–Kier alpha value is -2.38. The van der Waals surface area contributed by atoms with Gasteiger partial charge in [-0.15, -0.1) is 0 Å². The van der Waals surface area contributed by atoms with E-state index in [-0.39, 0.29) is 17.6 Å². The van der Waals surface area contributed by atoms with Crippen LogP contribution in [0, 0.1) is 5.92 Å². The fraction of sp³-hybridized carbons (Fsp3) is 0.409. The molecule has 0 saturated carbocycles. The lowest BCUT2D eigenvalue weighted by Crippen LogP contribution is -2.43. The number of ether oxygens (including phenoxy) is 1. The highest BCUT2D eigenvalue weighted by molar-refractivity contribution is 7.88. The maximum absolute atomic E-state index is 12.8. The lowest BCUT2D eigenvalue weighted by Gasteiger charge is -2.32. The van der Waals surface area contributed by atoms with Crippen molar-refractivity contribution in [2.75, 3.05) is 27.2 Å². The standard InChI is InChI=1S/C22H28N2O4S/c1-23(16-19-9-6-10-21(15-19)28-2)22(25)20-11-13-24(14-12-20)29(26,27)17-18-7-4-3-5-8-18/h3-10,15,20H,11-14,16-17H2,1-2H3. The summed E-state index contributed by atoms with van der Waals surface area (Å²) in [4.78, 5) is 14.5. The third kappa shape index (κ3) is 5.58. The van der Waals surface area contributed by atoms with Gasteiger partial charge in [0.05, 0.1) is 12.9 Å². The number of piperidine rings is 1. The number of amides is 1. The quantitative estimate of drug-likeness (QED) is 0.696. The minimum absolute atomic E-state index is 0.00218. The number of hydrogen-bond acceptors (Lipinski definition) is 4. The number of methoxy groups -OCH3 is 1. The van der Waals surface area contributed by atoms with Gasteiger partial charge >= 0.3 is 0 Å². The van der Waals surface area contributed by atoms with Crippen LogP contribution in [-0.4, -0.2) is 50.8 Å². The Morgan fingerprint density at radius 1 is 1.07 bits per heavy atom. The first-order chi connectivity index (χ1) is 13.9. The molecular weight excluding hydrogens is 388 g/mol. The molecule has 3 rings (SSSR count). The Morgan fingerprint density at radius 3 is 2.38 bits per heavy atom. The van der Waals surface area contributed by atoms with Gasteiger partial charge in [0.25, 0.3) is 0 Å². The number of carbonyl (C=O) groups excluding carboxylic acids is 1. The summed E-state index contributed by atoms with van der Waals surface area (Å²) < 4.78 is 32.1. The molecule has 1 amide bonds. The first kappa shape index (κ1) is 21.3. The van der Waals surface area contributed by atoms with Crippen molar-refractivity contribution in [2.24, 2.45) is 5.92 Å². The molecule has 7 heteroatoms. The van der Waals surface area contributed by atoms with Crippen LogP contribution in [0.25, 0.3) is 0 Å². The number of sulfonamides is 1. The van der Waals surface area contributed by atoms with Crippen molar-refractivity contribution in [3.63, 3.8) is 0 Å². The number of hydrogen-bond donors (Lipinski definition) is 0. The van der Waals surface area contributed by atoms with E-state index in [2.05, 4.69) is 0 Å². The monoisotopic (exact) mass is 416 g/mol. The van der Waals surface area contributed by atoms with Gasteiger partial charge in [0.2, 0.25) is 15.9 Å². The zero-order valence-corrected chi connectivity index (χ0v) is 17.8. The summed E-state index contributed by atoms with van der Waals surface area (Å²) in [5, 5.41) is 0. The largest absolute Gasteiger partial charge is 0.497 e. The Kier molecular flexibility index (Phi) is 6.92. The molecule has 1 fully saturated rings. The van der Waals surface area contributed by atoms with E-state index in [0.717, 1.165) is 16.9 Å². The van der Waals surface area contributed by atoms with Gasteiger partial charge in [-0.1, -0.05) is 42.5 Å². The van der Waals surface area contributed by atoms with Crippen LogP contribution in [0.1, 0.15) is 24.0 Å². The van der Waals surface area contributed by atoms with Crippen molar-refractivity contribution in [1.29, 1.82) is 0 Å². The van der Waals surface area contributed by atoms with E-state index in [0.29, 0.717) is 32.5 Å². The summed E-state index contributed by atoms with van der Waals surface area (Å²) in [6.07, 6.45) is 1.10. The smallest absolute Gasteiger partial charge is 0.225 e. The summed E-state index contributed by atoms with van der Waals surface area (Å²) in [5.74, 6) is 0.685. The molecule has 0 radical (unpaired) electrons. The molecule has 0 N–H and O–H groups in total. The average molecular weight is 417 g/mol. The van der Waals surface area contributed by atoms with E-state index in [1.54, 1.807) is 19.1 Å². The van der Waals surface area contributed by atoms with E-state index < -0.39 is 10.0 Å². The SMILES string of the molecule is COc1cccc(CN(C)C(=O)C2CCN(S(=O)(=O)Cc3ccccc3)CC2)c1. The van der Waals surface area contributed by atoms with Gasteiger partial charge in [-0.3, -0.25) is 4.79 Å². The highest BCUT2D eigenvalue weighted by Crippen LogP contribution is 2.24. The summed E-state index contributed by atoms with van der Waals surface area (Å²) in [5.41, 5.74) is 1.78. The van der Waals surface area contributed by atoms with Crippen molar-refractivity contribution >= 4 is 15.9 Å². The van der Waals surface area contributed by atoms with Crippen molar-refractivity contribution in [3.8, 4) is 5.75 Å². The third-order valence-corrected chi connectivity index (χ3v) is 7.17. The zero-order valence-electron chi connectivity index (χ0n) is 17.0. The maximum atomic E-state index is 12.8. The summed E-state index contributed by atoms with van der Waals surface area (Å²) in [6.45, 7) is 1.28. The molecule has 0 aromatic heterocycles. The number of nitrogens with zero attached hydrogens (tertiary/aromatic N) is 2. The number of rotatable bonds is 7. The van der Waals surface area contributed by atoms with E-state index in [4.69, 9.17) is 4.74 Å². The zero-order chi connectivity index (χ0) is 20.9. The second kappa shape index (κ2) is 9.41. The average Bonchev–Trinajstić information content (AvgIpc) is 2.74. The van der Waals surface area contributed by atoms with Gasteiger partial charge in [-0.05, 0) is 36.1 Å². The van der Waals surface area contributed by atoms with E-state index >= 15 is 0 Å².